The van der Waals surface area contributed by atoms with Crippen molar-refractivity contribution in [1.82, 2.24) is 10.3 Å². The molecule has 0 saturated heterocycles. The predicted octanol–water partition coefficient (Wildman–Crippen LogP) is 2.06. The largest absolute Gasteiger partial charge is 0.393 e. The molecule has 1 saturated carbocycles. The van der Waals surface area contributed by atoms with Crippen LogP contribution >= 0.6 is 11.6 Å². The van der Waals surface area contributed by atoms with Crippen molar-refractivity contribution in [3.05, 3.63) is 22.8 Å². The predicted molar refractivity (Wildman–Crippen MR) is 79.1 cm³/mol. The van der Waals surface area contributed by atoms with Crippen molar-refractivity contribution in [3.63, 3.8) is 0 Å². The number of amides is 1. The third-order valence-electron chi connectivity index (χ3n) is 3.62. The molecular weight excluding hydrogens is 278 g/mol. The first kappa shape index (κ1) is 15.1. The number of carbonyl (C=O) groups excluding carboxylic acids is 1. The lowest BCUT2D eigenvalue weighted by Crippen LogP contribution is -2.33. The van der Waals surface area contributed by atoms with Crippen molar-refractivity contribution < 1.29 is 9.90 Å². The van der Waals surface area contributed by atoms with Crippen molar-refractivity contribution >= 4 is 23.3 Å². The smallest absolute Gasteiger partial charge is 0.251 e. The van der Waals surface area contributed by atoms with E-state index in [1.54, 1.807) is 19.2 Å². The van der Waals surface area contributed by atoms with Crippen molar-refractivity contribution in [2.75, 3.05) is 18.9 Å². The van der Waals surface area contributed by atoms with Gasteiger partial charge in [0.2, 0.25) is 0 Å². The summed E-state index contributed by atoms with van der Waals surface area (Å²) >= 11 is 5.88. The average molecular weight is 298 g/mol. The number of hydrogen-bond acceptors (Lipinski definition) is 4. The van der Waals surface area contributed by atoms with Gasteiger partial charge in [0.15, 0.2) is 0 Å². The fourth-order valence-corrected chi connectivity index (χ4v) is 2.75. The molecule has 1 heterocycles. The van der Waals surface area contributed by atoms with Gasteiger partial charge in [0, 0.05) is 19.2 Å². The molecule has 1 amide bonds. The summed E-state index contributed by atoms with van der Waals surface area (Å²) in [5.74, 6) is 0.755. The van der Waals surface area contributed by atoms with E-state index in [9.17, 15) is 9.90 Å². The second kappa shape index (κ2) is 6.90. The van der Waals surface area contributed by atoms with Gasteiger partial charge in [-0.25, -0.2) is 4.98 Å². The first-order chi connectivity index (χ1) is 9.58. The standard InChI is InChI=1S/C14H20ClN3O2/c1-16-13-7-10(6-12(15)18-13)14(20)17-8-9-3-2-4-11(19)5-9/h6-7,9,11,19H,2-5,8H2,1H3,(H,16,18)(H,17,20). The number of hydrogen-bond donors (Lipinski definition) is 3. The molecule has 1 aliphatic rings. The Kier molecular flexibility index (Phi) is 5.20. The number of aliphatic hydroxyl groups excluding tert-OH is 1. The van der Waals surface area contributed by atoms with E-state index in [2.05, 4.69) is 15.6 Å². The summed E-state index contributed by atoms with van der Waals surface area (Å²) in [5.41, 5.74) is 0.491. The van der Waals surface area contributed by atoms with Crippen LogP contribution in [0.15, 0.2) is 12.1 Å². The van der Waals surface area contributed by atoms with Crippen LogP contribution in [0.25, 0.3) is 0 Å². The number of rotatable bonds is 4. The Morgan fingerprint density at radius 1 is 1.50 bits per heavy atom. The molecule has 1 fully saturated rings. The Morgan fingerprint density at radius 2 is 2.30 bits per heavy atom. The highest BCUT2D eigenvalue weighted by Gasteiger charge is 2.20. The van der Waals surface area contributed by atoms with Crippen LogP contribution in [0, 0.1) is 5.92 Å². The number of halogens is 1. The Morgan fingerprint density at radius 3 is 3.00 bits per heavy atom. The van der Waals surface area contributed by atoms with E-state index < -0.39 is 0 Å². The van der Waals surface area contributed by atoms with Crippen LogP contribution in [-0.4, -0.2) is 35.7 Å². The minimum absolute atomic E-state index is 0.161. The van der Waals surface area contributed by atoms with Crippen LogP contribution in [-0.2, 0) is 0 Å². The van der Waals surface area contributed by atoms with Gasteiger partial charge in [-0.2, -0.15) is 0 Å². The maximum Gasteiger partial charge on any atom is 0.251 e. The van der Waals surface area contributed by atoms with E-state index in [0.29, 0.717) is 23.8 Å². The topological polar surface area (TPSA) is 74.2 Å². The van der Waals surface area contributed by atoms with Crippen molar-refractivity contribution in [1.29, 1.82) is 0 Å². The molecule has 0 radical (unpaired) electrons. The number of pyridine rings is 1. The Bertz CT molecular complexity index is 481. The van der Waals surface area contributed by atoms with Gasteiger partial charge in [0.05, 0.1) is 6.10 Å². The second-order valence-corrected chi connectivity index (χ2v) is 5.60. The number of carbonyl (C=O) groups is 1. The number of aliphatic hydroxyl groups is 1. The minimum atomic E-state index is -0.225. The lowest BCUT2D eigenvalue weighted by molar-refractivity contribution is 0.0874. The highest BCUT2D eigenvalue weighted by Crippen LogP contribution is 2.23. The van der Waals surface area contributed by atoms with Gasteiger partial charge in [-0.05, 0) is 37.3 Å². The van der Waals surface area contributed by atoms with Gasteiger partial charge in [-0.15, -0.1) is 0 Å². The van der Waals surface area contributed by atoms with Gasteiger partial charge >= 0.3 is 0 Å². The van der Waals surface area contributed by atoms with E-state index >= 15 is 0 Å². The number of anilines is 1. The summed E-state index contributed by atoms with van der Waals surface area (Å²) in [6.07, 6.45) is 3.48. The summed E-state index contributed by atoms with van der Waals surface area (Å²) in [6.45, 7) is 0.588. The fraction of sp³-hybridized carbons (Fsp3) is 0.571. The summed E-state index contributed by atoms with van der Waals surface area (Å²) in [4.78, 5) is 16.1. The van der Waals surface area contributed by atoms with Gasteiger partial charge in [-0.1, -0.05) is 18.0 Å². The first-order valence-electron chi connectivity index (χ1n) is 6.90. The molecule has 3 N–H and O–H groups in total. The molecule has 2 rings (SSSR count). The van der Waals surface area contributed by atoms with E-state index in [0.717, 1.165) is 25.7 Å². The van der Waals surface area contributed by atoms with Gasteiger partial charge in [-0.3, -0.25) is 4.79 Å². The maximum atomic E-state index is 12.1. The van der Waals surface area contributed by atoms with Crippen molar-refractivity contribution in [3.8, 4) is 0 Å². The van der Waals surface area contributed by atoms with Gasteiger partial charge in [0.1, 0.15) is 11.0 Å². The molecular formula is C14H20ClN3O2. The van der Waals surface area contributed by atoms with E-state index in [1.807, 2.05) is 0 Å². The Labute approximate surface area is 123 Å². The quantitative estimate of drug-likeness (QED) is 0.744. The molecule has 5 nitrogen and oxygen atoms in total. The lowest BCUT2D eigenvalue weighted by atomic mass is 9.87. The third kappa shape index (κ3) is 4.08. The fourth-order valence-electron chi connectivity index (χ4n) is 2.54. The molecule has 0 bridgehead atoms. The molecule has 1 aromatic rings. The van der Waals surface area contributed by atoms with E-state index in [-0.39, 0.29) is 17.2 Å². The molecule has 0 spiro atoms. The second-order valence-electron chi connectivity index (χ2n) is 5.21. The van der Waals surface area contributed by atoms with Crippen LogP contribution in [0.5, 0.6) is 0 Å². The Hall–Kier alpha value is -1.33. The van der Waals surface area contributed by atoms with E-state index in [4.69, 9.17) is 11.6 Å². The Balaban J connectivity index is 1.93. The number of aromatic nitrogens is 1. The highest BCUT2D eigenvalue weighted by atomic mass is 35.5. The molecule has 1 aliphatic carbocycles. The molecule has 2 atom stereocenters. The van der Waals surface area contributed by atoms with Crippen molar-refractivity contribution in [2.45, 2.75) is 31.8 Å². The summed E-state index contributed by atoms with van der Waals surface area (Å²) < 4.78 is 0. The minimum Gasteiger partial charge on any atom is -0.393 e. The zero-order chi connectivity index (χ0) is 14.5. The number of nitrogens with zero attached hydrogens (tertiary/aromatic N) is 1. The molecule has 110 valence electrons. The summed E-state index contributed by atoms with van der Waals surface area (Å²) in [6, 6.07) is 3.21. The number of nitrogens with one attached hydrogen (secondary N) is 2. The van der Waals surface area contributed by atoms with Crippen LogP contribution in [0.3, 0.4) is 0 Å². The molecule has 0 aromatic carbocycles. The van der Waals surface area contributed by atoms with Gasteiger partial charge in [0.25, 0.3) is 5.91 Å². The van der Waals surface area contributed by atoms with Crippen molar-refractivity contribution in [2.24, 2.45) is 5.92 Å². The normalized spacial score (nSPS) is 22.4. The average Bonchev–Trinajstić information content (AvgIpc) is 2.44. The molecule has 6 heteroatoms. The molecule has 20 heavy (non-hydrogen) atoms. The van der Waals surface area contributed by atoms with Crippen LogP contribution in [0.1, 0.15) is 36.0 Å². The zero-order valence-electron chi connectivity index (χ0n) is 11.5. The van der Waals surface area contributed by atoms with E-state index in [1.165, 1.54) is 0 Å². The van der Waals surface area contributed by atoms with Crippen LogP contribution < -0.4 is 10.6 Å². The monoisotopic (exact) mass is 297 g/mol. The van der Waals surface area contributed by atoms with Crippen LogP contribution in [0.2, 0.25) is 5.15 Å². The van der Waals surface area contributed by atoms with Crippen LogP contribution in [0.4, 0.5) is 5.82 Å². The van der Waals surface area contributed by atoms with Gasteiger partial charge < -0.3 is 15.7 Å². The first-order valence-corrected chi connectivity index (χ1v) is 7.28. The SMILES string of the molecule is CNc1cc(C(=O)NCC2CCCC(O)C2)cc(Cl)n1. The molecule has 2 unspecified atom stereocenters. The zero-order valence-corrected chi connectivity index (χ0v) is 12.3. The highest BCUT2D eigenvalue weighted by molar-refractivity contribution is 6.29. The third-order valence-corrected chi connectivity index (χ3v) is 3.81. The maximum absolute atomic E-state index is 12.1. The summed E-state index contributed by atoms with van der Waals surface area (Å²) in [5, 5.41) is 15.7. The molecule has 0 aliphatic heterocycles. The lowest BCUT2D eigenvalue weighted by Gasteiger charge is -2.25. The summed E-state index contributed by atoms with van der Waals surface area (Å²) in [7, 11) is 1.73. The molecule has 1 aromatic heterocycles.